The zero-order chi connectivity index (χ0) is 20.7. The molecule has 3 aliphatic heterocycles. The summed E-state index contributed by atoms with van der Waals surface area (Å²) >= 11 is 0. The number of amides is 1. The number of imidazole rings is 1. The van der Waals surface area contributed by atoms with Crippen molar-refractivity contribution in [2.45, 2.75) is 49.9 Å². The number of para-hydroxylation sites is 1. The van der Waals surface area contributed by atoms with Crippen LogP contribution in [-0.2, 0) is 11.3 Å². The quantitative estimate of drug-likeness (QED) is 0.833. The number of H-pyrrole nitrogens is 1. The lowest BCUT2D eigenvalue weighted by Crippen LogP contribution is -2.60. The molecule has 5 rings (SSSR count). The number of benzene rings is 1. The van der Waals surface area contributed by atoms with E-state index in [0.29, 0.717) is 31.8 Å². The number of halogens is 1. The second-order valence-corrected chi connectivity index (χ2v) is 8.62. The third kappa shape index (κ3) is 3.37. The molecule has 1 unspecified atom stereocenters. The summed E-state index contributed by atoms with van der Waals surface area (Å²) in [6, 6.07) is 5.36. The van der Waals surface area contributed by atoms with Crippen LogP contribution in [0.3, 0.4) is 0 Å². The highest BCUT2D eigenvalue weighted by Gasteiger charge is 2.51. The summed E-state index contributed by atoms with van der Waals surface area (Å²) in [5.74, 6) is -0.699. The molecule has 1 amide bonds. The molecule has 7 nitrogen and oxygen atoms in total. The minimum Gasteiger partial charge on any atom is -0.493 e. The van der Waals surface area contributed by atoms with Gasteiger partial charge in [-0.05, 0) is 37.8 Å². The first-order chi connectivity index (χ1) is 14.6. The van der Waals surface area contributed by atoms with Crippen LogP contribution in [0.15, 0.2) is 30.7 Å². The Bertz CT molecular complexity index is 905. The Morgan fingerprint density at radius 2 is 2.17 bits per heavy atom. The van der Waals surface area contributed by atoms with E-state index in [9.17, 15) is 9.18 Å². The smallest absolute Gasteiger partial charge is 0.257 e. The van der Waals surface area contributed by atoms with Gasteiger partial charge in [-0.15, -0.1) is 0 Å². The molecule has 3 atom stereocenters. The van der Waals surface area contributed by atoms with Gasteiger partial charge in [0.05, 0.1) is 37.8 Å². The molecule has 3 aliphatic rings. The molecule has 2 bridgehead atoms. The molecule has 8 heteroatoms. The Morgan fingerprint density at radius 1 is 1.37 bits per heavy atom. The van der Waals surface area contributed by atoms with Crippen LogP contribution in [0.1, 0.15) is 41.7 Å². The van der Waals surface area contributed by atoms with E-state index in [0.717, 1.165) is 37.9 Å². The summed E-state index contributed by atoms with van der Waals surface area (Å²) in [5, 5.41) is 0. The van der Waals surface area contributed by atoms with Crippen LogP contribution in [0.4, 0.5) is 4.39 Å². The number of hydrogen-bond donors (Lipinski definition) is 1. The minimum absolute atomic E-state index is 0.0116. The van der Waals surface area contributed by atoms with Crippen molar-refractivity contribution in [3.05, 3.63) is 47.8 Å². The molecule has 1 aromatic carbocycles. The predicted molar refractivity (Wildman–Crippen MR) is 108 cm³/mol. The number of carbonyl (C=O) groups excluding carboxylic acids is 1. The molecule has 3 fully saturated rings. The molecular formula is C22H27FN4O3. The maximum atomic E-state index is 14.1. The van der Waals surface area contributed by atoms with E-state index in [4.69, 9.17) is 9.47 Å². The fourth-order valence-corrected chi connectivity index (χ4v) is 5.54. The fraction of sp³-hybridized carbons (Fsp3) is 0.545. The number of morpholine rings is 1. The van der Waals surface area contributed by atoms with Crippen LogP contribution in [0, 0.1) is 5.82 Å². The predicted octanol–water partition coefficient (Wildman–Crippen LogP) is 2.60. The van der Waals surface area contributed by atoms with E-state index in [-0.39, 0.29) is 22.8 Å². The lowest BCUT2D eigenvalue weighted by atomic mass is 9.84. The normalized spacial score (nSPS) is 28.8. The van der Waals surface area contributed by atoms with Crippen LogP contribution in [0.5, 0.6) is 5.75 Å². The standard InChI is InChI=1S/C22H27FN4O3/c1-29-20-18(3-2-4-19(20)23)21(28)26-7-8-30-22(13-26)9-16-5-6-17(10-22)27(16)12-15-11-24-14-25-15/h2-4,11,14,16-17H,5-10,12-13H2,1H3,(H,24,25)/t16-,17+,22?. The number of fused-ring (bicyclic) bond motifs is 2. The number of nitrogens with one attached hydrogen (secondary N) is 1. The van der Waals surface area contributed by atoms with Crippen molar-refractivity contribution in [3.63, 3.8) is 0 Å². The summed E-state index contributed by atoms with van der Waals surface area (Å²) in [6.45, 7) is 2.42. The third-order valence-corrected chi connectivity index (χ3v) is 6.83. The number of carbonyl (C=O) groups is 1. The molecule has 3 saturated heterocycles. The van der Waals surface area contributed by atoms with Gasteiger partial charge in [-0.3, -0.25) is 9.69 Å². The first kappa shape index (κ1) is 19.5. The molecule has 1 aromatic heterocycles. The zero-order valence-corrected chi connectivity index (χ0v) is 17.1. The van der Waals surface area contributed by atoms with Crippen LogP contribution < -0.4 is 4.74 Å². The lowest BCUT2D eigenvalue weighted by molar-refractivity contribution is -0.143. The molecule has 1 N–H and O–H groups in total. The molecule has 30 heavy (non-hydrogen) atoms. The molecule has 160 valence electrons. The Balaban J connectivity index is 1.33. The number of hydrogen-bond acceptors (Lipinski definition) is 5. The number of piperidine rings is 1. The summed E-state index contributed by atoms with van der Waals surface area (Å²) in [4.78, 5) is 24.9. The molecule has 2 aromatic rings. The number of aromatic nitrogens is 2. The molecule has 1 spiro atoms. The van der Waals surface area contributed by atoms with Gasteiger partial charge >= 0.3 is 0 Å². The number of rotatable bonds is 4. The first-order valence-corrected chi connectivity index (χ1v) is 10.6. The summed E-state index contributed by atoms with van der Waals surface area (Å²) in [7, 11) is 1.39. The van der Waals surface area contributed by atoms with Crippen molar-refractivity contribution < 1.29 is 18.7 Å². The van der Waals surface area contributed by atoms with Gasteiger partial charge in [-0.25, -0.2) is 9.37 Å². The zero-order valence-electron chi connectivity index (χ0n) is 17.1. The lowest BCUT2D eigenvalue weighted by Gasteiger charge is -2.50. The van der Waals surface area contributed by atoms with Gasteiger partial charge in [-0.1, -0.05) is 6.07 Å². The summed E-state index contributed by atoms with van der Waals surface area (Å²) in [5.41, 5.74) is 1.07. The Kier molecular flexibility index (Phi) is 4.99. The van der Waals surface area contributed by atoms with Crippen molar-refractivity contribution in [2.24, 2.45) is 0 Å². The molecule has 0 aliphatic carbocycles. The average Bonchev–Trinajstić information content (AvgIpc) is 3.34. The molecule has 4 heterocycles. The molecule has 0 radical (unpaired) electrons. The van der Waals surface area contributed by atoms with Crippen molar-refractivity contribution in [1.29, 1.82) is 0 Å². The number of aromatic amines is 1. The van der Waals surface area contributed by atoms with Gasteiger partial charge in [-0.2, -0.15) is 0 Å². The van der Waals surface area contributed by atoms with Crippen LogP contribution in [0.2, 0.25) is 0 Å². The van der Waals surface area contributed by atoms with Crippen LogP contribution >= 0.6 is 0 Å². The third-order valence-electron chi connectivity index (χ3n) is 6.83. The SMILES string of the molecule is COc1c(F)cccc1C(=O)N1CCOC2(C[C@H]3CC[C@@H](C2)N3Cc2cnc[nH]2)C1. The van der Waals surface area contributed by atoms with Gasteiger partial charge in [0.1, 0.15) is 0 Å². The average molecular weight is 414 g/mol. The van der Waals surface area contributed by atoms with Gasteiger partial charge in [0.15, 0.2) is 11.6 Å². The topological polar surface area (TPSA) is 70.7 Å². The van der Waals surface area contributed by atoms with Crippen LogP contribution in [-0.4, -0.2) is 70.2 Å². The summed E-state index contributed by atoms with van der Waals surface area (Å²) in [6.07, 6.45) is 7.71. The summed E-state index contributed by atoms with van der Waals surface area (Å²) < 4.78 is 25.6. The maximum Gasteiger partial charge on any atom is 0.257 e. The Labute approximate surface area is 175 Å². The van der Waals surface area contributed by atoms with Gasteiger partial charge in [0.2, 0.25) is 0 Å². The van der Waals surface area contributed by atoms with Gasteiger partial charge in [0.25, 0.3) is 5.91 Å². The molecular weight excluding hydrogens is 387 g/mol. The van der Waals surface area contributed by atoms with E-state index in [1.165, 1.54) is 13.2 Å². The van der Waals surface area contributed by atoms with E-state index in [1.54, 1.807) is 18.5 Å². The van der Waals surface area contributed by atoms with E-state index in [1.807, 2.05) is 11.1 Å². The van der Waals surface area contributed by atoms with E-state index in [2.05, 4.69) is 14.9 Å². The van der Waals surface area contributed by atoms with Crippen molar-refractivity contribution >= 4 is 5.91 Å². The van der Waals surface area contributed by atoms with Crippen molar-refractivity contribution in [2.75, 3.05) is 26.8 Å². The van der Waals surface area contributed by atoms with Gasteiger partial charge in [0, 0.05) is 37.1 Å². The van der Waals surface area contributed by atoms with E-state index >= 15 is 0 Å². The van der Waals surface area contributed by atoms with Crippen LogP contribution in [0.25, 0.3) is 0 Å². The fourth-order valence-electron chi connectivity index (χ4n) is 5.54. The largest absolute Gasteiger partial charge is 0.493 e. The number of ether oxygens (including phenoxy) is 2. The second-order valence-electron chi connectivity index (χ2n) is 8.62. The highest BCUT2D eigenvalue weighted by atomic mass is 19.1. The second kappa shape index (κ2) is 7.67. The van der Waals surface area contributed by atoms with Gasteiger partial charge < -0.3 is 19.4 Å². The number of methoxy groups -OCH3 is 1. The monoisotopic (exact) mass is 414 g/mol. The van der Waals surface area contributed by atoms with Crippen molar-refractivity contribution in [1.82, 2.24) is 19.8 Å². The highest BCUT2D eigenvalue weighted by Crippen LogP contribution is 2.44. The Hall–Kier alpha value is -2.45. The first-order valence-electron chi connectivity index (χ1n) is 10.6. The molecule has 0 saturated carbocycles. The highest BCUT2D eigenvalue weighted by molar-refractivity contribution is 5.97. The number of nitrogens with zero attached hydrogens (tertiary/aromatic N) is 3. The van der Waals surface area contributed by atoms with Crippen molar-refractivity contribution in [3.8, 4) is 5.75 Å². The van der Waals surface area contributed by atoms with E-state index < -0.39 is 5.82 Å². The Morgan fingerprint density at radius 3 is 2.87 bits per heavy atom. The maximum absolute atomic E-state index is 14.1. The minimum atomic E-state index is -0.517.